The summed E-state index contributed by atoms with van der Waals surface area (Å²) in [5.41, 5.74) is 1.64. The predicted octanol–water partition coefficient (Wildman–Crippen LogP) is 3.89. The smallest absolute Gasteiger partial charge is 0.251 e. The lowest BCUT2D eigenvalue weighted by atomic mass is 9.62. The molecule has 3 aliphatic rings. The van der Waals surface area contributed by atoms with Gasteiger partial charge in [0.25, 0.3) is 5.91 Å². The SMILES string of the molecule is CC(C)N1CC2(CCN(C(=O)C3CCCO3)CC2)C1c1ccc(Cl)cc1. The minimum atomic E-state index is -0.190. The summed E-state index contributed by atoms with van der Waals surface area (Å²) in [6.45, 7) is 8.11. The van der Waals surface area contributed by atoms with E-state index in [0.717, 1.165) is 56.9 Å². The van der Waals surface area contributed by atoms with Gasteiger partial charge in [0.15, 0.2) is 0 Å². The van der Waals surface area contributed by atoms with Crippen molar-refractivity contribution < 1.29 is 9.53 Å². The Balaban J connectivity index is 1.47. The number of amides is 1. The van der Waals surface area contributed by atoms with Crippen molar-refractivity contribution in [3.8, 4) is 0 Å². The molecule has 0 aromatic heterocycles. The van der Waals surface area contributed by atoms with Crippen LogP contribution in [-0.2, 0) is 9.53 Å². The third-order valence-electron chi connectivity index (χ3n) is 6.53. The molecule has 0 aliphatic carbocycles. The molecule has 2 atom stereocenters. The molecule has 26 heavy (non-hydrogen) atoms. The molecule has 1 spiro atoms. The molecule has 3 saturated heterocycles. The summed E-state index contributed by atoms with van der Waals surface area (Å²) in [6.07, 6.45) is 3.85. The molecule has 0 saturated carbocycles. The third kappa shape index (κ3) is 3.17. The zero-order valence-electron chi connectivity index (χ0n) is 15.8. The summed E-state index contributed by atoms with van der Waals surface area (Å²) in [7, 11) is 0. The van der Waals surface area contributed by atoms with Crippen molar-refractivity contribution in [3.05, 3.63) is 34.9 Å². The average Bonchev–Trinajstić information content (AvgIpc) is 3.16. The lowest BCUT2D eigenvalue weighted by molar-refractivity contribution is -0.154. The van der Waals surface area contributed by atoms with E-state index >= 15 is 0 Å². The summed E-state index contributed by atoms with van der Waals surface area (Å²) < 4.78 is 5.60. The largest absolute Gasteiger partial charge is 0.368 e. The van der Waals surface area contributed by atoms with Gasteiger partial charge in [0.2, 0.25) is 0 Å². The number of hydrogen-bond donors (Lipinski definition) is 0. The Hall–Kier alpha value is -1.10. The van der Waals surface area contributed by atoms with Crippen LogP contribution in [0.15, 0.2) is 24.3 Å². The van der Waals surface area contributed by atoms with E-state index in [2.05, 4.69) is 30.9 Å². The van der Waals surface area contributed by atoms with Crippen LogP contribution < -0.4 is 0 Å². The Morgan fingerprint density at radius 3 is 2.50 bits per heavy atom. The highest BCUT2D eigenvalue weighted by molar-refractivity contribution is 6.30. The quantitative estimate of drug-likeness (QED) is 0.802. The van der Waals surface area contributed by atoms with Crippen LogP contribution in [0.1, 0.15) is 51.1 Å². The van der Waals surface area contributed by atoms with Crippen LogP contribution in [-0.4, -0.2) is 54.1 Å². The molecular weight excluding hydrogens is 348 g/mol. The van der Waals surface area contributed by atoms with Gasteiger partial charge in [-0.25, -0.2) is 0 Å². The first-order valence-electron chi connectivity index (χ1n) is 9.92. The molecule has 5 heteroatoms. The average molecular weight is 377 g/mol. The van der Waals surface area contributed by atoms with Crippen LogP contribution in [0, 0.1) is 5.41 Å². The van der Waals surface area contributed by atoms with Gasteiger partial charge in [-0.3, -0.25) is 9.69 Å². The minimum absolute atomic E-state index is 0.190. The maximum Gasteiger partial charge on any atom is 0.251 e. The Kier molecular flexibility index (Phi) is 5.02. The fourth-order valence-corrected chi connectivity index (χ4v) is 5.16. The predicted molar refractivity (Wildman–Crippen MR) is 103 cm³/mol. The number of rotatable bonds is 3. The molecule has 2 unspecified atom stereocenters. The van der Waals surface area contributed by atoms with Crippen LogP contribution in [0.4, 0.5) is 0 Å². The third-order valence-corrected chi connectivity index (χ3v) is 6.79. The van der Waals surface area contributed by atoms with Gasteiger partial charge in [-0.1, -0.05) is 23.7 Å². The lowest BCUT2D eigenvalue weighted by Gasteiger charge is -2.62. The maximum atomic E-state index is 12.7. The number of piperidine rings is 1. The van der Waals surface area contributed by atoms with E-state index in [-0.39, 0.29) is 17.4 Å². The normalized spacial score (nSPS) is 28.5. The van der Waals surface area contributed by atoms with Gasteiger partial charge < -0.3 is 9.64 Å². The van der Waals surface area contributed by atoms with Gasteiger partial charge in [0.05, 0.1) is 0 Å². The fraction of sp³-hybridized carbons (Fsp3) is 0.667. The number of carbonyl (C=O) groups is 1. The topological polar surface area (TPSA) is 32.8 Å². The highest BCUT2D eigenvalue weighted by atomic mass is 35.5. The van der Waals surface area contributed by atoms with Gasteiger partial charge in [-0.15, -0.1) is 0 Å². The number of carbonyl (C=O) groups excluding carboxylic acids is 1. The van der Waals surface area contributed by atoms with Gasteiger partial charge in [0, 0.05) is 48.8 Å². The summed E-state index contributed by atoms with van der Waals surface area (Å²) >= 11 is 6.10. The molecule has 4 rings (SSSR count). The van der Waals surface area contributed by atoms with Gasteiger partial charge in [-0.2, -0.15) is 0 Å². The standard InChI is InChI=1S/C21H29ClN2O2/c1-15(2)24-14-21(19(24)16-5-7-17(22)8-6-16)9-11-23(12-10-21)20(25)18-4-3-13-26-18/h5-8,15,18-19H,3-4,9-14H2,1-2H3. The van der Waals surface area contributed by atoms with Crippen LogP contribution in [0.25, 0.3) is 0 Å². The molecule has 1 amide bonds. The van der Waals surface area contributed by atoms with Gasteiger partial charge in [0.1, 0.15) is 6.10 Å². The second-order valence-electron chi connectivity index (χ2n) is 8.41. The first-order valence-corrected chi connectivity index (χ1v) is 10.3. The molecule has 3 fully saturated rings. The Bertz CT molecular complexity index is 646. The van der Waals surface area contributed by atoms with E-state index in [1.807, 2.05) is 17.0 Å². The minimum Gasteiger partial charge on any atom is -0.368 e. The van der Waals surface area contributed by atoms with Crippen molar-refractivity contribution in [2.45, 2.75) is 57.7 Å². The lowest BCUT2D eigenvalue weighted by Crippen LogP contribution is -2.64. The molecule has 142 valence electrons. The Morgan fingerprint density at radius 2 is 1.92 bits per heavy atom. The number of halogens is 1. The molecule has 0 radical (unpaired) electrons. The molecule has 1 aromatic carbocycles. The van der Waals surface area contributed by atoms with Crippen molar-refractivity contribution in [2.24, 2.45) is 5.41 Å². The van der Waals surface area contributed by atoms with Crippen molar-refractivity contribution in [2.75, 3.05) is 26.2 Å². The van der Waals surface area contributed by atoms with E-state index < -0.39 is 0 Å². The highest BCUT2D eigenvalue weighted by Gasteiger charge is 2.55. The van der Waals surface area contributed by atoms with Crippen LogP contribution >= 0.6 is 11.6 Å². The van der Waals surface area contributed by atoms with Crippen LogP contribution in [0.5, 0.6) is 0 Å². The summed E-state index contributed by atoms with van der Waals surface area (Å²) in [5, 5.41) is 0.787. The Labute approximate surface area is 161 Å². The molecule has 0 N–H and O–H groups in total. The zero-order chi connectivity index (χ0) is 18.3. The Morgan fingerprint density at radius 1 is 1.23 bits per heavy atom. The van der Waals surface area contributed by atoms with E-state index in [4.69, 9.17) is 16.3 Å². The first-order chi connectivity index (χ1) is 12.5. The van der Waals surface area contributed by atoms with E-state index in [1.54, 1.807) is 0 Å². The number of benzene rings is 1. The summed E-state index contributed by atoms with van der Waals surface area (Å²) in [5.74, 6) is 0.209. The second kappa shape index (κ2) is 7.14. The number of ether oxygens (including phenoxy) is 1. The van der Waals surface area contributed by atoms with Crippen molar-refractivity contribution in [3.63, 3.8) is 0 Å². The van der Waals surface area contributed by atoms with E-state index in [1.165, 1.54) is 5.56 Å². The van der Waals surface area contributed by atoms with Crippen molar-refractivity contribution >= 4 is 17.5 Å². The first kappa shape index (κ1) is 18.3. The van der Waals surface area contributed by atoms with E-state index in [0.29, 0.717) is 12.1 Å². The number of hydrogen-bond acceptors (Lipinski definition) is 3. The molecule has 3 aliphatic heterocycles. The summed E-state index contributed by atoms with van der Waals surface area (Å²) in [6, 6.07) is 9.29. The monoisotopic (exact) mass is 376 g/mol. The second-order valence-corrected chi connectivity index (χ2v) is 8.85. The number of likely N-dealkylation sites (tertiary alicyclic amines) is 2. The molecular formula is C21H29ClN2O2. The fourth-order valence-electron chi connectivity index (χ4n) is 5.03. The van der Waals surface area contributed by atoms with Crippen LogP contribution in [0.3, 0.4) is 0 Å². The number of nitrogens with zero attached hydrogens (tertiary/aromatic N) is 2. The molecule has 3 heterocycles. The highest BCUT2D eigenvalue weighted by Crippen LogP contribution is 2.55. The summed E-state index contributed by atoms with van der Waals surface area (Å²) in [4.78, 5) is 17.3. The van der Waals surface area contributed by atoms with Crippen molar-refractivity contribution in [1.82, 2.24) is 9.80 Å². The van der Waals surface area contributed by atoms with Crippen molar-refractivity contribution in [1.29, 1.82) is 0 Å². The molecule has 0 bridgehead atoms. The van der Waals surface area contributed by atoms with Crippen LogP contribution in [0.2, 0.25) is 5.02 Å². The van der Waals surface area contributed by atoms with E-state index in [9.17, 15) is 4.79 Å². The maximum absolute atomic E-state index is 12.7. The molecule has 4 nitrogen and oxygen atoms in total. The van der Waals surface area contributed by atoms with Gasteiger partial charge in [-0.05, 0) is 57.2 Å². The zero-order valence-corrected chi connectivity index (χ0v) is 16.5. The van der Waals surface area contributed by atoms with Gasteiger partial charge >= 0.3 is 0 Å². The molecule has 1 aromatic rings.